The molecule has 0 radical (unpaired) electrons. The van der Waals surface area contributed by atoms with Crippen molar-refractivity contribution < 1.29 is 19.0 Å². The van der Waals surface area contributed by atoms with Crippen molar-refractivity contribution in [2.75, 3.05) is 27.9 Å². The number of hydrogen-bond donors (Lipinski definition) is 1. The molecule has 5 rings (SSSR count). The number of H-pyrrole nitrogens is 1. The van der Waals surface area contributed by atoms with Crippen molar-refractivity contribution in [1.29, 1.82) is 0 Å². The highest BCUT2D eigenvalue weighted by atomic mass is 32.1. The largest absolute Gasteiger partial charge is 0.497 e. The van der Waals surface area contributed by atoms with E-state index in [4.69, 9.17) is 14.2 Å². The van der Waals surface area contributed by atoms with E-state index in [1.807, 2.05) is 52.7 Å². The molecule has 4 aromatic rings. The first-order valence-corrected chi connectivity index (χ1v) is 11.3. The molecule has 0 bridgehead atoms. The minimum Gasteiger partial charge on any atom is -0.497 e. The van der Waals surface area contributed by atoms with Gasteiger partial charge in [0.05, 0.1) is 27.4 Å². The summed E-state index contributed by atoms with van der Waals surface area (Å²) < 4.78 is 16.4. The highest BCUT2D eigenvalue weighted by Crippen LogP contribution is 2.42. The van der Waals surface area contributed by atoms with E-state index < -0.39 is 0 Å². The van der Waals surface area contributed by atoms with E-state index >= 15 is 0 Å². The summed E-state index contributed by atoms with van der Waals surface area (Å²) in [6.45, 7) is 0.614. The molecule has 1 N–H and O–H groups in total. The summed E-state index contributed by atoms with van der Waals surface area (Å²) in [5.74, 6) is 2.10. The average Bonchev–Trinajstić information content (AvgIpc) is 3.51. The Bertz CT molecular complexity index is 1280. The van der Waals surface area contributed by atoms with Crippen LogP contribution < -0.4 is 14.2 Å². The molecule has 7 heteroatoms. The van der Waals surface area contributed by atoms with Gasteiger partial charge in [-0.05, 0) is 59.3 Å². The molecule has 0 saturated heterocycles. The van der Waals surface area contributed by atoms with Crippen LogP contribution >= 0.6 is 11.3 Å². The molecule has 1 unspecified atom stereocenters. The van der Waals surface area contributed by atoms with Crippen LogP contribution in [0.1, 0.15) is 32.5 Å². The van der Waals surface area contributed by atoms with E-state index in [9.17, 15) is 4.79 Å². The molecule has 1 aliphatic heterocycles. The highest BCUT2D eigenvalue weighted by molar-refractivity contribution is 7.10. The van der Waals surface area contributed by atoms with Gasteiger partial charge in [-0.3, -0.25) is 4.79 Å². The van der Waals surface area contributed by atoms with Crippen molar-refractivity contribution in [3.05, 3.63) is 75.6 Å². The fourth-order valence-corrected chi connectivity index (χ4v) is 5.28. The topological polar surface area (TPSA) is 63.8 Å². The molecule has 2 aromatic carbocycles. The zero-order valence-corrected chi connectivity index (χ0v) is 19.0. The third kappa shape index (κ3) is 3.39. The predicted molar refractivity (Wildman–Crippen MR) is 125 cm³/mol. The van der Waals surface area contributed by atoms with Crippen LogP contribution in [0.2, 0.25) is 0 Å². The second-order valence-corrected chi connectivity index (χ2v) is 8.69. The molecule has 1 atom stereocenters. The lowest BCUT2D eigenvalue weighted by Crippen LogP contribution is -2.40. The summed E-state index contributed by atoms with van der Waals surface area (Å²) in [4.78, 5) is 20.1. The number of nitrogens with one attached hydrogen (secondary N) is 1. The van der Waals surface area contributed by atoms with Gasteiger partial charge in [0.15, 0.2) is 11.5 Å². The summed E-state index contributed by atoms with van der Waals surface area (Å²) in [6, 6.07) is 15.6. The van der Waals surface area contributed by atoms with Crippen LogP contribution in [0.3, 0.4) is 0 Å². The maximum Gasteiger partial charge on any atom is 0.271 e. The summed E-state index contributed by atoms with van der Waals surface area (Å²) in [7, 11) is 4.91. The first-order chi connectivity index (χ1) is 15.6. The Morgan fingerprint density at radius 3 is 2.56 bits per heavy atom. The lowest BCUT2D eigenvalue weighted by atomic mass is 9.90. The Labute approximate surface area is 190 Å². The SMILES string of the molecule is COc1ccc2cc(C(=O)N3CCc4cc(OC)c(OC)cc4C3c3cccs3)[nH]c2c1. The monoisotopic (exact) mass is 448 g/mol. The molecule has 0 aliphatic carbocycles. The fraction of sp³-hybridized carbons (Fsp3) is 0.240. The van der Waals surface area contributed by atoms with Crippen molar-refractivity contribution >= 4 is 28.1 Å². The molecule has 1 amide bonds. The van der Waals surface area contributed by atoms with E-state index in [0.717, 1.165) is 33.5 Å². The van der Waals surface area contributed by atoms with Crippen LogP contribution in [0.5, 0.6) is 17.2 Å². The minimum atomic E-state index is -0.188. The zero-order valence-electron chi connectivity index (χ0n) is 18.2. The molecule has 3 heterocycles. The standard InChI is InChI=1S/C25H24N2O4S/c1-29-17-7-6-16-11-20(26-19(16)13-17)25(28)27-9-8-15-12-21(30-2)22(31-3)14-18(15)24(27)23-5-4-10-32-23/h4-7,10-14,24,26H,8-9H2,1-3H3. The first kappa shape index (κ1) is 20.5. The Balaban J connectivity index is 1.58. The van der Waals surface area contributed by atoms with Gasteiger partial charge >= 0.3 is 0 Å². The third-order valence-electron chi connectivity index (χ3n) is 6.01. The van der Waals surface area contributed by atoms with E-state index in [-0.39, 0.29) is 11.9 Å². The second kappa shape index (κ2) is 8.24. The van der Waals surface area contributed by atoms with Crippen molar-refractivity contribution in [3.8, 4) is 17.2 Å². The summed E-state index contributed by atoms with van der Waals surface area (Å²) in [5, 5.41) is 3.02. The van der Waals surface area contributed by atoms with Crippen LogP contribution in [0.25, 0.3) is 10.9 Å². The number of thiophene rings is 1. The Hall–Kier alpha value is -3.45. The van der Waals surface area contributed by atoms with E-state index in [1.54, 1.807) is 32.7 Å². The van der Waals surface area contributed by atoms with Crippen molar-refractivity contribution in [2.24, 2.45) is 0 Å². The second-order valence-electron chi connectivity index (χ2n) is 7.71. The number of carbonyl (C=O) groups is 1. The number of ether oxygens (including phenoxy) is 3. The van der Waals surface area contributed by atoms with E-state index in [2.05, 4.69) is 11.1 Å². The molecule has 0 spiro atoms. The molecule has 32 heavy (non-hydrogen) atoms. The fourth-order valence-electron chi connectivity index (χ4n) is 4.42. The van der Waals surface area contributed by atoms with Crippen LogP contribution in [0.4, 0.5) is 0 Å². The van der Waals surface area contributed by atoms with E-state index in [1.165, 1.54) is 5.56 Å². The highest BCUT2D eigenvalue weighted by Gasteiger charge is 2.35. The smallest absolute Gasteiger partial charge is 0.271 e. The minimum absolute atomic E-state index is 0.0287. The van der Waals surface area contributed by atoms with Crippen molar-refractivity contribution in [1.82, 2.24) is 9.88 Å². The van der Waals surface area contributed by atoms with Gasteiger partial charge in [-0.1, -0.05) is 6.07 Å². The molecule has 2 aromatic heterocycles. The number of fused-ring (bicyclic) bond motifs is 2. The number of aromatic amines is 1. The number of nitrogens with zero attached hydrogens (tertiary/aromatic N) is 1. The molecular weight excluding hydrogens is 424 g/mol. The van der Waals surface area contributed by atoms with Crippen LogP contribution in [-0.2, 0) is 6.42 Å². The van der Waals surface area contributed by atoms with Gasteiger partial charge < -0.3 is 24.1 Å². The summed E-state index contributed by atoms with van der Waals surface area (Å²) >= 11 is 1.65. The number of methoxy groups -OCH3 is 3. The van der Waals surface area contributed by atoms with Gasteiger partial charge in [0.25, 0.3) is 5.91 Å². The number of aromatic nitrogens is 1. The zero-order chi connectivity index (χ0) is 22.2. The lowest BCUT2D eigenvalue weighted by molar-refractivity contribution is 0.0692. The van der Waals surface area contributed by atoms with Crippen molar-refractivity contribution in [2.45, 2.75) is 12.5 Å². The average molecular weight is 449 g/mol. The predicted octanol–water partition coefficient (Wildman–Crippen LogP) is 5.04. The van der Waals surface area contributed by atoms with Gasteiger partial charge in [-0.2, -0.15) is 0 Å². The number of rotatable bonds is 5. The van der Waals surface area contributed by atoms with Crippen LogP contribution in [-0.4, -0.2) is 43.7 Å². The maximum absolute atomic E-state index is 13.7. The normalized spacial score (nSPS) is 15.5. The molecule has 6 nitrogen and oxygen atoms in total. The molecule has 0 saturated carbocycles. The van der Waals surface area contributed by atoms with Gasteiger partial charge in [0.1, 0.15) is 11.4 Å². The summed E-state index contributed by atoms with van der Waals surface area (Å²) in [5.41, 5.74) is 3.69. The molecule has 1 aliphatic rings. The van der Waals surface area contributed by atoms with Gasteiger partial charge in [-0.25, -0.2) is 0 Å². The van der Waals surface area contributed by atoms with Crippen LogP contribution in [0.15, 0.2) is 53.9 Å². The van der Waals surface area contributed by atoms with Gasteiger partial charge in [-0.15, -0.1) is 11.3 Å². The number of amides is 1. The van der Waals surface area contributed by atoms with E-state index in [0.29, 0.717) is 23.7 Å². The molecule has 164 valence electrons. The third-order valence-corrected chi connectivity index (χ3v) is 6.93. The Morgan fingerprint density at radius 2 is 1.84 bits per heavy atom. The van der Waals surface area contributed by atoms with Crippen LogP contribution in [0, 0.1) is 0 Å². The number of hydrogen-bond acceptors (Lipinski definition) is 5. The van der Waals surface area contributed by atoms with Crippen molar-refractivity contribution in [3.63, 3.8) is 0 Å². The first-order valence-electron chi connectivity index (χ1n) is 10.4. The number of carbonyl (C=O) groups excluding carboxylic acids is 1. The van der Waals surface area contributed by atoms with Gasteiger partial charge in [0.2, 0.25) is 0 Å². The summed E-state index contributed by atoms with van der Waals surface area (Å²) in [6.07, 6.45) is 0.747. The molecule has 0 fully saturated rings. The number of benzene rings is 2. The molecular formula is C25H24N2O4S. The Kier molecular flexibility index (Phi) is 5.27. The van der Waals surface area contributed by atoms with Gasteiger partial charge in [0, 0.05) is 28.4 Å². The lowest BCUT2D eigenvalue weighted by Gasteiger charge is -2.37. The Morgan fingerprint density at radius 1 is 1.03 bits per heavy atom. The maximum atomic E-state index is 13.7. The quantitative estimate of drug-likeness (QED) is 0.464.